The summed E-state index contributed by atoms with van der Waals surface area (Å²) in [5.41, 5.74) is 0.939. The molecule has 96 valence electrons. The van der Waals surface area contributed by atoms with Gasteiger partial charge in [0.25, 0.3) is 0 Å². The van der Waals surface area contributed by atoms with Gasteiger partial charge in [-0.05, 0) is 5.56 Å². The normalized spacial score (nSPS) is 13.4. The minimum atomic E-state index is -4.53. The van der Waals surface area contributed by atoms with Gasteiger partial charge in [0.15, 0.2) is 5.92 Å². The molecule has 2 nitrogen and oxygen atoms in total. The van der Waals surface area contributed by atoms with Crippen molar-refractivity contribution in [1.29, 1.82) is 5.26 Å². The molecule has 18 heavy (non-hydrogen) atoms. The SMILES string of the molecule is N#CC(COC/C=C/c1ccccc1)C(F)(F)F. The molecule has 1 rings (SSSR count). The third kappa shape index (κ3) is 5.02. The van der Waals surface area contributed by atoms with Crippen molar-refractivity contribution in [1.82, 2.24) is 0 Å². The number of halogens is 3. The van der Waals surface area contributed by atoms with Gasteiger partial charge in [0.2, 0.25) is 0 Å². The summed E-state index contributed by atoms with van der Waals surface area (Å²) in [5, 5.41) is 8.33. The number of ether oxygens (including phenoxy) is 1. The summed E-state index contributed by atoms with van der Waals surface area (Å²) in [6, 6.07) is 10.5. The zero-order valence-corrected chi connectivity index (χ0v) is 9.52. The molecule has 0 N–H and O–H groups in total. The first-order chi connectivity index (χ1) is 8.54. The maximum absolute atomic E-state index is 12.2. The van der Waals surface area contributed by atoms with Crippen LogP contribution in [0.25, 0.3) is 6.08 Å². The molecule has 0 radical (unpaired) electrons. The van der Waals surface area contributed by atoms with Crippen LogP contribution in [0.3, 0.4) is 0 Å². The molecule has 0 fully saturated rings. The lowest BCUT2D eigenvalue weighted by molar-refractivity contribution is -0.170. The van der Waals surface area contributed by atoms with Crippen molar-refractivity contribution in [3.05, 3.63) is 42.0 Å². The average Bonchev–Trinajstić information content (AvgIpc) is 2.33. The highest BCUT2D eigenvalue weighted by Gasteiger charge is 2.39. The molecule has 1 aromatic carbocycles. The van der Waals surface area contributed by atoms with Crippen molar-refractivity contribution in [2.45, 2.75) is 6.18 Å². The molecule has 0 aliphatic heterocycles. The van der Waals surface area contributed by atoms with E-state index in [1.807, 2.05) is 30.3 Å². The number of nitrogens with zero attached hydrogens (tertiary/aromatic N) is 1. The van der Waals surface area contributed by atoms with Crippen LogP contribution in [-0.2, 0) is 4.74 Å². The van der Waals surface area contributed by atoms with E-state index in [4.69, 9.17) is 10.00 Å². The van der Waals surface area contributed by atoms with E-state index in [0.29, 0.717) is 0 Å². The highest BCUT2D eigenvalue weighted by atomic mass is 19.4. The molecule has 0 saturated carbocycles. The maximum atomic E-state index is 12.2. The Labute approximate surface area is 103 Å². The van der Waals surface area contributed by atoms with Crippen LogP contribution >= 0.6 is 0 Å². The summed E-state index contributed by atoms with van der Waals surface area (Å²) in [4.78, 5) is 0. The average molecular weight is 255 g/mol. The third-order valence-electron chi connectivity index (χ3n) is 2.16. The van der Waals surface area contributed by atoms with E-state index in [9.17, 15) is 13.2 Å². The van der Waals surface area contributed by atoms with Gasteiger partial charge in [-0.3, -0.25) is 0 Å². The van der Waals surface area contributed by atoms with E-state index >= 15 is 0 Å². The summed E-state index contributed by atoms with van der Waals surface area (Å²) in [6.45, 7) is -0.595. The van der Waals surface area contributed by atoms with Gasteiger partial charge >= 0.3 is 6.18 Å². The second-order valence-electron chi connectivity index (χ2n) is 3.57. The quantitative estimate of drug-likeness (QED) is 0.755. The number of rotatable bonds is 5. The van der Waals surface area contributed by atoms with Crippen molar-refractivity contribution in [3.63, 3.8) is 0 Å². The van der Waals surface area contributed by atoms with Crippen LogP contribution in [0.15, 0.2) is 36.4 Å². The standard InChI is InChI=1S/C13H12F3NO/c14-13(15,16)12(9-17)10-18-8-4-7-11-5-2-1-3-6-11/h1-7,12H,8,10H2/b7-4+. The first-order valence-corrected chi connectivity index (χ1v) is 5.29. The second-order valence-corrected chi connectivity index (χ2v) is 3.57. The zero-order chi connectivity index (χ0) is 13.4. The van der Waals surface area contributed by atoms with E-state index in [1.54, 1.807) is 12.2 Å². The van der Waals surface area contributed by atoms with Crippen LogP contribution in [0.2, 0.25) is 0 Å². The fraction of sp³-hybridized carbons (Fsp3) is 0.308. The summed E-state index contributed by atoms with van der Waals surface area (Å²) in [6.07, 6.45) is -1.17. The minimum Gasteiger partial charge on any atom is -0.376 e. The number of hydrogen-bond acceptors (Lipinski definition) is 2. The molecule has 0 aliphatic carbocycles. The Bertz CT molecular complexity index is 420. The fourth-order valence-corrected chi connectivity index (χ4v) is 1.21. The van der Waals surface area contributed by atoms with E-state index < -0.39 is 18.7 Å². The Balaban J connectivity index is 2.31. The predicted molar refractivity (Wildman–Crippen MR) is 61.5 cm³/mol. The lowest BCUT2D eigenvalue weighted by Crippen LogP contribution is -2.26. The Kier molecular flexibility index (Phi) is 5.40. The number of benzene rings is 1. The fourth-order valence-electron chi connectivity index (χ4n) is 1.21. The van der Waals surface area contributed by atoms with Crippen LogP contribution in [0.5, 0.6) is 0 Å². The van der Waals surface area contributed by atoms with E-state index in [-0.39, 0.29) is 6.61 Å². The minimum absolute atomic E-state index is 0.0448. The molecule has 0 bridgehead atoms. The molecule has 0 saturated heterocycles. The molecule has 1 aromatic rings. The van der Waals surface area contributed by atoms with Crippen molar-refractivity contribution >= 4 is 6.08 Å². The number of alkyl halides is 3. The molecule has 5 heteroatoms. The number of nitriles is 1. The molecule has 0 amide bonds. The first kappa shape index (κ1) is 14.3. The van der Waals surface area contributed by atoms with Crippen molar-refractivity contribution < 1.29 is 17.9 Å². The molecule has 0 spiro atoms. The summed E-state index contributed by atoms with van der Waals surface area (Å²) < 4.78 is 41.3. The number of hydrogen-bond donors (Lipinski definition) is 0. The van der Waals surface area contributed by atoms with Crippen LogP contribution in [-0.4, -0.2) is 19.4 Å². The summed E-state index contributed by atoms with van der Waals surface area (Å²) >= 11 is 0. The van der Waals surface area contributed by atoms with Gasteiger partial charge in [-0.25, -0.2) is 0 Å². The lowest BCUT2D eigenvalue weighted by atomic mass is 10.2. The Morgan fingerprint density at radius 2 is 1.94 bits per heavy atom. The molecule has 0 heterocycles. The lowest BCUT2D eigenvalue weighted by Gasteiger charge is -2.12. The monoisotopic (exact) mass is 255 g/mol. The van der Waals surface area contributed by atoms with Gasteiger partial charge in [0.1, 0.15) is 0 Å². The van der Waals surface area contributed by atoms with Crippen LogP contribution in [0, 0.1) is 17.2 Å². The maximum Gasteiger partial charge on any atom is 0.406 e. The highest BCUT2D eigenvalue weighted by Crippen LogP contribution is 2.25. The van der Waals surface area contributed by atoms with E-state index in [0.717, 1.165) is 5.56 Å². The molecule has 1 unspecified atom stereocenters. The van der Waals surface area contributed by atoms with Crippen LogP contribution in [0.1, 0.15) is 5.56 Å². The third-order valence-corrected chi connectivity index (χ3v) is 2.16. The van der Waals surface area contributed by atoms with Gasteiger partial charge in [0, 0.05) is 0 Å². The molecular weight excluding hydrogens is 243 g/mol. The van der Waals surface area contributed by atoms with Gasteiger partial charge in [0.05, 0.1) is 19.3 Å². The molecule has 1 atom stereocenters. The first-order valence-electron chi connectivity index (χ1n) is 5.29. The molecule has 0 aromatic heterocycles. The Morgan fingerprint density at radius 1 is 1.28 bits per heavy atom. The molecule has 0 aliphatic rings. The highest BCUT2D eigenvalue weighted by molar-refractivity contribution is 5.48. The predicted octanol–water partition coefficient (Wildman–Crippen LogP) is 3.42. The van der Waals surface area contributed by atoms with E-state index in [1.165, 1.54) is 6.07 Å². The molecular formula is C13H12F3NO. The zero-order valence-electron chi connectivity index (χ0n) is 9.52. The van der Waals surface area contributed by atoms with Gasteiger partial charge in [-0.15, -0.1) is 0 Å². The van der Waals surface area contributed by atoms with Gasteiger partial charge in [-0.2, -0.15) is 18.4 Å². The van der Waals surface area contributed by atoms with Gasteiger partial charge < -0.3 is 4.74 Å². The topological polar surface area (TPSA) is 33.0 Å². The van der Waals surface area contributed by atoms with Crippen molar-refractivity contribution in [3.8, 4) is 6.07 Å². The van der Waals surface area contributed by atoms with E-state index in [2.05, 4.69) is 0 Å². The Hall–Kier alpha value is -1.80. The summed E-state index contributed by atoms with van der Waals surface area (Å²) in [7, 11) is 0. The smallest absolute Gasteiger partial charge is 0.376 e. The Morgan fingerprint density at radius 3 is 2.50 bits per heavy atom. The van der Waals surface area contributed by atoms with Gasteiger partial charge in [-0.1, -0.05) is 42.5 Å². The largest absolute Gasteiger partial charge is 0.406 e. The summed E-state index contributed by atoms with van der Waals surface area (Å²) in [5.74, 6) is -2.07. The van der Waals surface area contributed by atoms with Crippen LogP contribution < -0.4 is 0 Å². The van der Waals surface area contributed by atoms with Crippen molar-refractivity contribution in [2.75, 3.05) is 13.2 Å². The van der Waals surface area contributed by atoms with Crippen LogP contribution in [0.4, 0.5) is 13.2 Å². The second kappa shape index (κ2) is 6.82. The van der Waals surface area contributed by atoms with Crippen molar-refractivity contribution in [2.24, 2.45) is 5.92 Å².